The molecule has 4 N–H and O–H groups in total. The van der Waals surface area contributed by atoms with E-state index in [9.17, 15) is 4.79 Å². The van der Waals surface area contributed by atoms with Gasteiger partial charge in [0.25, 0.3) is 5.91 Å². The van der Waals surface area contributed by atoms with E-state index in [-0.39, 0.29) is 16.6 Å². The Balaban J connectivity index is 2.07. The Kier molecular flexibility index (Phi) is 3.24. The van der Waals surface area contributed by atoms with E-state index in [1.807, 2.05) is 0 Å². The van der Waals surface area contributed by atoms with Crippen LogP contribution in [0.1, 0.15) is 15.9 Å². The second kappa shape index (κ2) is 4.84. The number of hydrogen-bond acceptors (Lipinski definition) is 4. The third kappa shape index (κ3) is 2.73. The molecule has 2 rings (SSSR count). The zero-order chi connectivity index (χ0) is 12.3. The van der Waals surface area contributed by atoms with E-state index in [2.05, 4.69) is 20.5 Å². The fourth-order valence-electron chi connectivity index (χ4n) is 1.28. The maximum absolute atomic E-state index is 11.8. The van der Waals surface area contributed by atoms with Crippen LogP contribution in [-0.4, -0.2) is 21.1 Å². The molecule has 2 heterocycles. The molecule has 0 saturated heterocycles. The van der Waals surface area contributed by atoms with Gasteiger partial charge in [-0.25, -0.2) is 4.98 Å². The number of H-pyrrole nitrogens is 1. The van der Waals surface area contributed by atoms with Crippen molar-refractivity contribution in [1.29, 1.82) is 0 Å². The van der Waals surface area contributed by atoms with Gasteiger partial charge in [-0.3, -0.25) is 9.89 Å². The van der Waals surface area contributed by atoms with Crippen molar-refractivity contribution in [2.24, 2.45) is 0 Å². The van der Waals surface area contributed by atoms with Crippen molar-refractivity contribution in [2.45, 2.75) is 6.54 Å². The highest BCUT2D eigenvalue weighted by Gasteiger charge is 2.11. The van der Waals surface area contributed by atoms with Gasteiger partial charge in [0.15, 0.2) is 0 Å². The fraction of sp³-hybridized carbons (Fsp3) is 0.100. The molecule has 0 aliphatic carbocycles. The first kappa shape index (κ1) is 11.4. The normalized spacial score (nSPS) is 10.2. The molecule has 0 spiro atoms. The summed E-state index contributed by atoms with van der Waals surface area (Å²) in [7, 11) is 0. The van der Waals surface area contributed by atoms with Gasteiger partial charge in [-0.05, 0) is 6.07 Å². The van der Waals surface area contributed by atoms with Crippen molar-refractivity contribution in [3.05, 3.63) is 40.9 Å². The minimum atomic E-state index is -0.323. The maximum Gasteiger partial charge on any atom is 0.254 e. The predicted octanol–water partition coefficient (Wildman–Crippen LogP) is 0.970. The Morgan fingerprint density at radius 2 is 2.35 bits per heavy atom. The molecule has 0 fully saturated rings. The third-order valence-electron chi connectivity index (χ3n) is 2.11. The number of anilines is 1. The lowest BCUT2D eigenvalue weighted by Gasteiger charge is -2.05. The van der Waals surface area contributed by atoms with E-state index < -0.39 is 0 Å². The van der Waals surface area contributed by atoms with Gasteiger partial charge < -0.3 is 11.1 Å². The van der Waals surface area contributed by atoms with E-state index >= 15 is 0 Å². The molecular formula is C10H10ClN5O. The molecule has 2 aromatic heterocycles. The van der Waals surface area contributed by atoms with E-state index in [4.69, 9.17) is 17.3 Å². The molecule has 0 unspecified atom stereocenters. The summed E-state index contributed by atoms with van der Waals surface area (Å²) < 4.78 is 0. The lowest BCUT2D eigenvalue weighted by atomic mass is 10.2. The van der Waals surface area contributed by atoms with Crippen LogP contribution in [0.15, 0.2) is 24.7 Å². The number of pyridine rings is 1. The van der Waals surface area contributed by atoms with Crippen molar-refractivity contribution < 1.29 is 4.79 Å². The van der Waals surface area contributed by atoms with Crippen LogP contribution in [-0.2, 0) is 6.54 Å². The number of aromatic nitrogens is 3. The standard InChI is InChI=1S/C10H10ClN5O/c11-9-8(1-7(12)5-13-9)10(17)14-2-6-3-15-16-4-6/h1,3-5H,2,12H2,(H,14,17)(H,15,16). The van der Waals surface area contributed by atoms with Crippen LogP contribution in [0.3, 0.4) is 0 Å². The average Bonchev–Trinajstić information content (AvgIpc) is 2.82. The summed E-state index contributed by atoms with van der Waals surface area (Å²) in [6.07, 6.45) is 4.72. The smallest absolute Gasteiger partial charge is 0.254 e. The molecule has 0 aromatic carbocycles. The van der Waals surface area contributed by atoms with E-state index in [1.54, 1.807) is 12.4 Å². The van der Waals surface area contributed by atoms with Gasteiger partial charge >= 0.3 is 0 Å². The Morgan fingerprint density at radius 3 is 3.06 bits per heavy atom. The summed E-state index contributed by atoms with van der Waals surface area (Å²) in [6.45, 7) is 0.362. The molecule has 7 heteroatoms. The first-order valence-electron chi connectivity index (χ1n) is 4.83. The summed E-state index contributed by atoms with van der Waals surface area (Å²) in [5, 5.41) is 9.24. The number of amides is 1. The molecule has 0 aliphatic heterocycles. The SMILES string of the molecule is Nc1cnc(Cl)c(C(=O)NCc2cn[nH]c2)c1. The molecule has 1 amide bonds. The minimum absolute atomic E-state index is 0.129. The first-order chi connectivity index (χ1) is 8.16. The van der Waals surface area contributed by atoms with Crippen LogP contribution in [0.25, 0.3) is 0 Å². The zero-order valence-corrected chi connectivity index (χ0v) is 9.53. The minimum Gasteiger partial charge on any atom is -0.397 e. The van der Waals surface area contributed by atoms with Crippen molar-refractivity contribution in [1.82, 2.24) is 20.5 Å². The third-order valence-corrected chi connectivity index (χ3v) is 2.41. The summed E-state index contributed by atoms with van der Waals surface area (Å²) in [5.74, 6) is -0.323. The second-order valence-corrected chi connectivity index (χ2v) is 3.75. The molecule has 0 bridgehead atoms. The lowest BCUT2D eigenvalue weighted by molar-refractivity contribution is 0.0951. The van der Waals surface area contributed by atoms with E-state index in [0.29, 0.717) is 12.2 Å². The number of rotatable bonds is 3. The Labute approximate surface area is 102 Å². The number of aromatic amines is 1. The Bertz CT molecular complexity index is 525. The number of nitrogen functional groups attached to an aromatic ring is 1. The van der Waals surface area contributed by atoms with E-state index in [1.165, 1.54) is 12.3 Å². The summed E-state index contributed by atoms with van der Waals surface area (Å²) in [5.41, 5.74) is 7.06. The number of hydrogen-bond donors (Lipinski definition) is 3. The number of nitrogens with zero attached hydrogens (tertiary/aromatic N) is 2. The molecule has 2 aromatic rings. The number of halogens is 1. The van der Waals surface area contributed by atoms with Crippen LogP contribution in [0.4, 0.5) is 5.69 Å². The van der Waals surface area contributed by atoms with Crippen LogP contribution >= 0.6 is 11.6 Å². The first-order valence-corrected chi connectivity index (χ1v) is 5.21. The van der Waals surface area contributed by atoms with Gasteiger partial charge in [0, 0.05) is 18.3 Å². The highest BCUT2D eigenvalue weighted by atomic mass is 35.5. The fourth-order valence-corrected chi connectivity index (χ4v) is 1.46. The van der Waals surface area contributed by atoms with Crippen molar-refractivity contribution in [3.63, 3.8) is 0 Å². The summed E-state index contributed by atoms with van der Waals surface area (Å²) >= 11 is 5.81. The van der Waals surface area contributed by atoms with Crippen LogP contribution in [0, 0.1) is 0 Å². The molecule has 88 valence electrons. The Hall–Kier alpha value is -2.08. The van der Waals surface area contributed by atoms with Gasteiger partial charge in [-0.15, -0.1) is 0 Å². The maximum atomic E-state index is 11.8. The van der Waals surface area contributed by atoms with E-state index in [0.717, 1.165) is 5.56 Å². The molecule has 0 saturated carbocycles. The van der Waals surface area contributed by atoms with Crippen molar-refractivity contribution >= 4 is 23.2 Å². The molecule has 17 heavy (non-hydrogen) atoms. The van der Waals surface area contributed by atoms with Gasteiger partial charge in [0.1, 0.15) is 5.15 Å². The molecule has 0 atom stereocenters. The largest absolute Gasteiger partial charge is 0.397 e. The van der Waals surface area contributed by atoms with Crippen LogP contribution in [0.5, 0.6) is 0 Å². The molecule has 0 aliphatic rings. The topological polar surface area (TPSA) is 96.7 Å². The Morgan fingerprint density at radius 1 is 1.53 bits per heavy atom. The number of nitrogens with two attached hydrogens (primary N) is 1. The monoisotopic (exact) mass is 251 g/mol. The predicted molar refractivity (Wildman–Crippen MR) is 63.4 cm³/mol. The molecule has 0 radical (unpaired) electrons. The number of nitrogens with one attached hydrogen (secondary N) is 2. The highest BCUT2D eigenvalue weighted by Crippen LogP contribution is 2.15. The molecule has 6 nitrogen and oxygen atoms in total. The quantitative estimate of drug-likeness (QED) is 0.708. The highest BCUT2D eigenvalue weighted by molar-refractivity contribution is 6.32. The summed E-state index contributed by atoms with van der Waals surface area (Å²) in [4.78, 5) is 15.6. The van der Waals surface area contributed by atoms with Gasteiger partial charge in [-0.2, -0.15) is 5.10 Å². The summed E-state index contributed by atoms with van der Waals surface area (Å²) in [6, 6.07) is 1.49. The van der Waals surface area contributed by atoms with Gasteiger partial charge in [0.05, 0.1) is 23.6 Å². The van der Waals surface area contributed by atoms with Crippen LogP contribution < -0.4 is 11.1 Å². The van der Waals surface area contributed by atoms with Crippen LogP contribution in [0.2, 0.25) is 5.15 Å². The molecular weight excluding hydrogens is 242 g/mol. The lowest BCUT2D eigenvalue weighted by Crippen LogP contribution is -2.23. The van der Waals surface area contributed by atoms with Gasteiger partial charge in [0.2, 0.25) is 0 Å². The van der Waals surface area contributed by atoms with Crippen molar-refractivity contribution in [2.75, 3.05) is 5.73 Å². The number of carbonyl (C=O) groups excluding carboxylic acids is 1. The van der Waals surface area contributed by atoms with Crippen molar-refractivity contribution in [3.8, 4) is 0 Å². The second-order valence-electron chi connectivity index (χ2n) is 3.40. The van der Waals surface area contributed by atoms with Gasteiger partial charge in [-0.1, -0.05) is 11.6 Å². The zero-order valence-electron chi connectivity index (χ0n) is 8.77. The number of carbonyl (C=O) groups is 1. The average molecular weight is 252 g/mol.